The molecule has 0 radical (unpaired) electrons. The Labute approximate surface area is 200 Å². The molecule has 7 nitrogen and oxygen atoms in total. The van der Waals surface area contributed by atoms with Gasteiger partial charge in [0.15, 0.2) is 6.23 Å². The molecule has 1 aliphatic heterocycles. The van der Waals surface area contributed by atoms with Crippen LogP contribution in [0, 0.1) is 18.6 Å². The van der Waals surface area contributed by atoms with Crippen LogP contribution in [0.15, 0.2) is 66.7 Å². The topological polar surface area (TPSA) is 86.3 Å². The van der Waals surface area contributed by atoms with Crippen LogP contribution < -0.4 is 5.73 Å². The Kier molecular flexibility index (Phi) is 5.78. The normalized spacial score (nSPS) is 16.6. The number of rotatable bonds is 5. The van der Waals surface area contributed by atoms with Crippen molar-refractivity contribution in [3.8, 4) is 16.9 Å². The highest BCUT2D eigenvalue weighted by atomic mass is 19.1. The molecular formula is C26H23F2N5O2. The van der Waals surface area contributed by atoms with Gasteiger partial charge in [0.25, 0.3) is 5.91 Å². The van der Waals surface area contributed by atoms with E-state index in [1.54, 1.807) is 42.2 Å². The molecule has 2 atom stereocenters. The predicted molar refractivity (Wildman–Crippen MR) is 126 cm³/mol. The molecule has 178 valence electrons. The quantitative estimate of drug-likeness (QED) is 0.422. The molecule has 3 aromatic carbocycles. The number of aryl methyl sites for hydroxylation is 1. The number of nitrogen functional groups attached to an aromatic ring is 1. The van der Waals surface area contributed by atoms with Crippen LogP contribution in [0.3, 0.4) is 0 Å². The van der Waals surface area contributed by atoms with Gasteiger partial charge in [-0.15, -0.1) is 10.2 Å². The third-order valence-electron chi connectivity index (χ3n) is 5.99. The number of halogens is 2. The maximum atomic E-state index is 14.1. The molecule has 1 amide bonds. The SMILES string of the molecule is Cc1cc(F)cc(-n2nc(-c3ccc(F)cc3)c(C3OCC(=O)N3C(C)c3ccc(N)cc3)n2)c1. The first-order valence-corrected chi connectivity index (χ1v) is 11.1. The van der Waals surface area contributed by atoms with Crippen molar-refractivity contribution >= 4 is 11.6 Å². The fourth-order valence-corrected chi connectivity index (χ4v) is 4.25. The number of carbonyl (C=O) groups excluding carboxylic acids is 1. The zero-order valence-electron chi connectivity index (χ0n) is 19.2. The minimum atomic E-state index is -0.849. The van der Waals surface area contributed by atoms with Gasteiger partial charge in [-0.25, -0.2) is 8.78 Å². The van der Waals surface area contributed by atoms with E-state index in [2.05, 4.69) is 10.2 Å². The van der Waals surface area contributed by atoms with Gasteiger partial charge in [-0.2, -0.15) is 4.80 Å². The molecule has 5 rings (SSSR count). The second-order valence-electron chi connectivity index (χ2n) is 8.52. The first kappa shape index (κ1) is 22.7. The first-order valence-electron chi connectivity index (χ1n) is 11.1. The molecule has 2 N–H and O–H groups in total. The van der Waals surface area contributed by atoms with E-state index in [0.29, 0.717) is 33.9 Å². The number of hydrogen-bond acceptors (Lipinski definition) is 5. The van der Waals surface area contributed by atoms with Crippen LogP contribution in [0.25, 0.3) is 16.9 Å². The number of anilines is 1. The number of nitrogens with zero attached hydrogens (tertiary/aromatic N) is 4. The fraction of sp³-hybridized carbons (Fsp3) is 0.192. The Hall–Kier alpha value is -4.11. The van der Waals surface area contributed by atoms with Gasteiger partial charge in [0.2, 0.25) is 0 Å². The van der Waals surface area contributed by atoms with Gasteiger partial charge >= 0.3 is 0 Å². The lowest BCUT2D eigenvalue weighted by Gasteiger charge is -2.29. The number of hydrogen-bond donors (Lipinski definition) is 1. The molecule has 1 aliphatic rings. The lowest BCUT2D eigenvalue weighted by molar-refractivity contribution is -0.130. The monoisotopic (exact) mass is 475 g/mol. The molecule has 2 heterocycles. The van der Waals surface area contributed by atoms with Gasteiger partial charge < -0.3 is 15.4 Å². The lowest BCUT2D eigenvalue weighted by Crippen LogP contribution is -2.32. The number of ether oxygens (including phenoxy) is 1. The Morgan fingerprint density at radius 3 is 2.40 bits per heavy atom. The van der Waals surface area contributed by atoms with E-state index >= 15 is 0 Å². The fourth-order valence-electron chi connectivity index (χ4n) is 4.25. The Balaban J connectivity index is 1.62. The number of benzene rings is 3. The van der Waals surface area contributed by atoms with E-state index in [-0.39, 0.29) is 18.6 Å². The smallest absolute Gasteiger partial charge is 0.251 e. The molecule has 1 saturated heterocycles. The molecule has 35 heavy (non-hydrogen) atoms. The Bertz CT molecular complexity index is 1370. The summed E-state index contributed by atoms with van der Waals surface area (Å²) in [4.78, 5) is 15.8. The third-order valence-corrected chi connectivity index (χ3v) is 5.99. The number of carbonyl (C=O) groups is 1. The summed E-state index contributed by atoms with van der Waals surface area (Å²) in [6.45, 7) is 3.54. The van der Waals surface area contributed by atoms with Crippen molar-refractivity contribution in [2.45, 2.75) is 26.1 Å². The molecule has 0 aliphatic carbocycles. The van der Waals surface area contributed by atoms with Crippen LogP contribution in [-0.2, 0) is 9.53 Å². The highest BCUT2D eigenvalue weighted by molar-refractivity contribution is 5.80. The summed E-state index contributed by atoms with van der Waals surface area (Å²) in [7, 11) is 0. The number of aromatic nitrogens is 3. The largest absolute Gasteiger partial charge is 0.399 e. The maximum Gasteiger partial charge on any atom is 0.251 e. The van der Waals surface area contributed by atoms with E-state index in [9.17, 15) is 13.6 Å². The van der Waals surface area contributed by atoms with E-state index in [4.69, 9.17) is 10.5 Å². The lowest BCUT2D eigenvalue weighted by atomic mass is 10.0. The van der Waals surface area contributed by atoms with Crippen molar-refractivity contribution in [1.29, 1.82) is 0 Å². The summed E-state index contributed by atoms with van der Waals surface area (Å²) in [5.41, 5.74) is 9.79. The standard InChI is InChI=1S/C26H23F2N5O2/c1-15-11-20(28)13-22(12-15)33-30-24(18-3-7-19(27)8-4-18)25(31-33)26-32(23(34)14-35-26)16(2)17-5-9-21(29)10-6-17/h3-13,16,26H,14,29H2,1-2H3. The van der Waals surface area contributed by atoms with Gasteiger partial charge in [-0.3, -0.25) is 4.79 Å². The second kappa shape index (κ2) is 8.92. The van der Waals surface area contributed by atoms with Crippen molar-refractivity contribution < 1.29 is 18.3 Å². The van der Waals surface area contributed by atoms with Gasteiger partial charge in [0.1, 0.15) is 29.6 Å². The maximum absolute atomic E-state index is 14.1. The van der Waals surface area contributed by atoms with Crippen molar-refractivity contribution in [2.75, 3.05) is 12.3 Å². The summed E-state index contributed by atoms with van der Waals surface area (Å²) in [6.07, 6.45) is -0.849. The molecule has 9 heteroatoms. The summed E-state index contributed by atoms with van der Waals surface area (Å²) < 4.78 is 33.7. The Morgan fingerprint density at radius 1 is 1.00 bits per heavy atom. The molecular weight excluding hydrogens is 452 g/mol. The molecule has 1 aromatic heterocycles. The van der Waals surface area contributed by atoms with Crippen LogP contribution in [0.5, 0.6) is 0 Å². The van der Waals surface area contributed by atoms with Crippen LogP contribution >= 0.6 is 0 Å². The van der Waals surface area contributed by atoms with E-state index in [0.717, 1.165) is 5.56 Å². The molecule has 4 aromatic rings. The van der Waals surface area contributed by atoms with E-state index in [1.807, 2.05) is 19.1 Å². The molecule has 0 spiro atoms. The van der Waals surface area contributed by atoms with Crippen LogP contribution in [0.1, 0.15) is 36.0 Å². The van der Waals surface area contributed by atoms with Crippen molar-refractivity contribution in [3.05, 3.63) is 95.2 Å². The van der Waals surface area contributed by atoms with E-state index in [1.165, 1.54) is 29.1 Å². The van der Waals surface area contributed by atoms with E-state index < -0.39 is 17.9 Å². The van der Waals surface area contributed by atoms with Gasteiger partial charge in [0, 0.05) is 17.3 Å². The van der Waals surface area contributed by atoms with Gasteiger partial charge in [0.05, 0.1) is 11.7 Å². The van der Waals surface area contributed by atoms with Crippen molar-refractivity contribution in [1.82, 2.24) is 19.9 Å². The summed E-state index contributed by atoms with van der Waals surface area (Å²) >= 11 is 0. The highest BCUT2D eigenvalue weighted by Crippen LogP contribution is 2.38. The van der Waals surface area contributed by atoms with Crippen LogP contribution in [0.4, 0.5) is 14.5 Å². The van der Waals surface area contributed by atoms with Crippen molar-refractivity contribution in [3.63, 3.8) is 0 Å². The first-order chi connectivity index (χ1) is 16.8. The van der Waals surface area contributed by atoms with Gasteiger partial charge in [-0.05, 0) is 73.5 Å². The molecule has 1 fully saturated rings. The number of amides is 1. The zero-order chi connectivity index (χ0) is 24.7. The minimum absolute atomic E-state index is 0.126. The Morgan fingerprint density at radius 2 is 1.71 bits per heavy atom. The predicted octanol–water partition coefficient (Wildman–Crippen LogP) is 4.72. The molecule has 2 unspecified atom stereocenters. The van der Waals surface area contributed by atoms with Gasteiger partial charge in [-0.1, -0.05) is 12.1 Å². The summed E-state index contributed by atoms with van der Waals surface area (Å²) in [5, 5.41) is 9.22. The zero-order valence-corrected chi connectivity index (χ0v) is 19.2. The molecule has 0 saturated carbocycles. The average Bonchev–Trinajstić information content (AvgIpc) is 3.43. The minimum Gasteiger partial charge on any atom is -0.399 e. The second-order valence-corrected chi connectivity index (χ2v) is 8.52. The van der Waals surface area contributed by atoms with Crippen LogP contribution in [0.2, 0.25) is 0 Å². The van der Waals surface area contributed by atoms with Crippen molar-refractivity contribution in [2.24, 2.45) is 0 Å². The highest BCUT2D eigenvalue weighted by Gasteiger charge is 2.40. The summed E-state index contributed by atoms with van der Waals surface area (Å²) in [6, 6.07) is 17.2. The average molecular weight is 475 g/mol. The summed E-state index contributed by atoms with van der Waals surface area (Å²) in [5.74, 6) is -1.03. The number of nitrogens with two attached hydrogens (primary N) is 1. The molecule has 0 bridgehead atoms. The van der Waals surface area contributed by atoms with Crippen LogP contribution in [-0.4, -0.2) is 32.4 Å². The third kappa shape index (κ3) is 4.38.